The van der Waals surface area contributed by atoms with Crippen LogP contribution in [0.4, 0.5) is 11.5 Å². The molecule has 0 bridgehead atoms. The van der Waals surface area contributed by atoms with Gasteiger partial charge >= 0.3 is 0 Å². The van der Waals surface area contributed by atoms with Crippen molar-refractivity contribution in [3.05, 3.63) is 56.7 Å². The summed E-state index contributed by atoms with van der Waals surface area (Å²) in [6.07, 6.45) is 1.36. The van der Waals surface area contributed by atoms with E-state index in [-0.39, 0.29) is 20.8 Å². The number of rotatable bonds is 4. The Hall–Kier alpha value is -1.90. The summed E-state index contributed by atoms with van der Waals surface area (Å²) < 4.78 is 26.5. The third kappa shape index (κ3) is 3.41. The molecule has 0 atom stereocenters. The van der Waals surface area contributed by atoms with E-state index in [0.29, 0.717) is 0 Å². The summed E-state index contributed by atoms with van der Waals surface area (Å²) in [7, 11) is -4.07. The quantitative estimate of drug-likeness (QED) is 0.676. The topological polar surface area (TPSA) is 102 Å². The van der Waals surface area contributed by atoms with Crippen LogP contribution in [0, 0.1) is 10.1 Å². The molecule has 110 valence electrons. The van der Waals surface area contributed by atoms with Gasteiger partial charge in [-0.25, -0.2) is 13.4 Å². The molecule has 0 fully saturated rings. The second-order valence-corrected chi connectivity index (χ2v) is 6.31. The van der Waals surface area contributed by atoms with Crippen molar-refractivity contribution in [1.29, 1.82) is 0 Å². The molecular weight excluding hydrogens is 341 g/mol. The van der Waals surface area contributed by atoms with Crippen LogP contribution in [0.2, 0.25) is 10.0 Å². The van der Waals surface area contributed by atoms with Crippen molar-refractivity contribution in [2.75, 3.05) is 4.72 Å². The van der Waals surface area contributed by atoms with Crippen LogP contribution >= 0.6 is 23.2 Å². The first-order chi connectivity index (χ1) is 9.81. The van der Waals surface area contributed by atoms with Gasteiger partial charge in [0, 0.05) is 12.3 Å². The molecule has 0 amide bonds. The Morgan fingerprint density at radius 1 is 1.19 bits per heavy atom. The molecule has 0 aliphatic rings. The molecule has 0 saturated carbocycles. The number of pyridine rings is 1. The summed E-state index contributed by atoms with van der Waals surface area (Å²) in [6.45, 7) is 0. The van der Waals surface area contributed by atoms with Crippen molar-refractivity contribution in [1.82, 2.24) is 4.98 Å². The lowest BCUT2D eigenvalue weighted by Gasteiger charge is -2.08. The van der Waals surface area contributed by atoms with Crippen molar-refractivity contribution in [3.63, 3.8) is 0 Å². The fourth-order valence-corrected chi connectivity index (χ4v) is 2.91. The highest BCUT2D eigenvalue weighted by molar-refractivity contribution is 7.92. The minimum atomic E-state index is -4.07. The van der Waals surface area contributed by atoms with Crippen LogP contribution in [0.25, 0.3) is 0 Å². The molecule has 1 aromatic heterocycles. The Morgan fingerprint density at radius 2 is 1.90 bits per heavy atom. The normalized spacial score (nSPS) is 11.1. The highest BCUT2D eigenvalue weighted by atomic mass is 35.5. The van der Waals surface area contributed by atoms with E-state index in [9.17, 15) is 18.5 Å². The van der Waals surface area contributed by atoms with Crippen LogP contribution in [0.1, 0.15) is 0 Å². The first-order valence-corrected chi connectivity index (χ1v) is 7.62. The summed E-state index contributed by atoms with van der Waals surface area (Å²) in [5.74, 6) is -0.0724. The minimum Gasteiger partial charge on any atom is -0.262 e. The van der Waals surface area contributed by atoms with Crippen LogP contribution in [0.5, 0.6) is 0 Å². The number of benzene rings is 1. The third-order valence-corrected chi connectivity index (χ3v) is 4.38. The summed E-state index contributed by atoms with van der Waals surface area (Å²) >= 11 is 11.4. The predicted octanol–water partition coefficient (Wildman–Crippen LogP) is 3.10. The van der Waals surface area contributed by atoms with Crippen LogP contribution < -0.4 is 4.72 Å². The molecule has 21 heavy (non-hydrogen) atoms. The number of anilines is 1. The Bertz CT molecular complexity index is 811. The SMILES string of the molecule is O=[N+]([O-])c1cc(S(=O)(=O)Nc2ncccc2Cl)ccc1Cl. The van der Waals surface area contributed by atoms with Crippen molar-refractivity contribution >= 4 is 44.7 Å². The van der Waals surface area contributed by atoms with Crippen molar-refractivity contribution < 1.29 is 13.3 Å². The van der Waals surface area contributed by atoms with Crippen molar-refractivity contribution in [3.8, 4) is 0 Å². The fraction of sp³-hybridized carbons (Fsp3) is 0. The number of nitro benzene ring substituents is 1. The van der Waals surface area contributed by atoms with E-state index in [0.717, 1.165) is 18.2 Å². The van der Waals surface area contributed by atoms with Gasteiger partial charge in [0.2, 0.25) is 0 Å². The molecule has 1 aromatic carbocycles. The Balaban J connectivity index is 2.43. The van der Waals surface area contributed by atoms with Gasteiger partial charge in [0.1, 0.15) is 5.02 Å². The molecule has 0 spiro atoms. The van der Waals surface area contributed by atoms with E-state index in [1.54, 1.807) is 0 Å². The second-order valence-electron chi connectivity index (χ2n) is 3.81. The third-order valence-electron chi connectivity index (χ3n) is 2.41. The van der Waals surface area contributed by atoms with Crippen molar-refractivity contribution in [2.45, 2.75) is 4.90 Å². The molecule has 1 heterocycles. The molecule has 2 rings (SSSR count). The van der Waals surface area contributed by atoms with Gasteiger partial charge in [0.15, 0.2) is 5.82 Å². The summed E-state index contributed by atoms with van der Waals surface area (Å²) in [6, 6.07) is 6.13. The van der Waals surface area contributed by atoms with E-state index in [1.807, 2.05) is 0 Å². The number of aromatic nitrogens is 1. The van der Waals surface area contributed by atoms with Gasteiger partial charge in [-0.3, -0.25) is 14.8 Å². The molecule has 0 saturated heterocycles. The maximum atomic E-state index is 12.2. The van der Waals surface area contributed by atoms with Gasteiger partial charge in [-0.2, -0.15) is 0 Å². The molecule has 0 aliphatic heterocycles. The number of nitrogens with zero attached hydrogens (tertiary/aromatic N) is 2. The van der Waals surface area contributed by atoms with Crippen LogP contribution in [0.3, 0.4) is 0 Å². The Morgan fingerprint density at radius 3 is 2.52 bits per heavy atom. The summed E-state index contributed by atoms with van der Waals surface area (Å²) in [5, 5.41) is 10.7. The zero-order valence-corrected chi connectivity index (χ0v) is 12.5. The smallest absolute Gasteiger partial charge is 0.262 e. The van der Waals surface area contributed by atoms with Gasteiger partial charge < -0.3 is 0 Å². The summed E-state index contributed by atoms with van der Waals surface area (Å²) in [5.41, 5.74) is -0.508. The van der Waals surface area contributed by atoms with Crippen molar-refractivity contribution in [2.24, 2.45) is 0 Å². The molecule has 0 aliphatic carbocycles. The van der Waals surface area contributed by atoms with Gasteiger partial charge in [0.05, 0.1) is 14.8 Å². The fourth-order valence-electron chi connectivity index (χ4n) is 1.45. The monoisotopic (exact) mass is 347 g/mol. The molecule has 7 nitrogen and oxygen atoms in total. The first-order valence-electron chi connectivity index (χ1n) is 5.38. The number of nitro groups is 1. The number of nitrogens with one attached hydrogen (secondary N) is 1. The zero-order valence-electron chi connectivity index (χ0n) is 10.2. The van der Waals surface area contributed by atoms with E-state index < -0.39 is 20.6 Å². The summed E-state index contributed by atoms with van der Waals surface area (Å²) in [4.78, 5) is 13.5. The van der Waals surface area contributed by atoms with Gasteiger partial charge in [-0.1, -0.05) is 23.2 Å². The molecule has 1 N–H and O–H groups in total. The number of halogens is 2. The highest BCUT2D eigenvalue weighted by Gasteiger charge is 2.21. The van der Waals surface area contributed by atoms with Crippen LogP contribution in [0.15, 0.2) is 41.4 Å². The largest absolute Gasteiger partial charge is 0.289 e. The lowest BCUT2D eigenvalue weighted by Crippen LogP contribution is -2.14. The number of hydrogen-bond acceptors (Lipinski definition) is 5. The predicted molar refractivity (Wildman–Crippen MR) is 78.2 cm³/mol. The Labute approximate surface area is 129 Å². The molecule has 10 heteroatoms. The molecule has 0 unspecified atom stereocenters. The highest BCUT2D eigenvalue weighted by Crippen LogP contribution is 2.28. The number of sulfonamides is 1. The first kappa shape index (κ1) is 15.5. The molecule has 2 aromatic rings. The second kappa shape index (κ2) is 5.84. The standard InChI is InChI=1S/C11H7Cl2N3O4S/c12-8-4-3-7(6-10(8)16(17)18)21(19,20)15-11-9(13)2-1-5-14-11/h1-6H,(H,14,15). The van der Waals surface area contributed by atoms with E-state index in [4.69, 9.17) is 23.2 Å². The lowest BCUT2D eigenvalue weighted by molar-refractivity contribution is -0.384. The van der Waals surface area contributed by atoms with E-state index >= 15 is 0 Å². The molecule has 0 radical (unpaired) electrons. The van der Waals surface area contributed by atoms with E-state index in [1.165, 1.54) is 18.3 Å². The van der Waals surface area contributed by atoms with Gasteiger partial charge in [-0.05, 0) is 24.3 Å². The molecular formula is C11H7Cl2N3O4S. The average molecular weight is 348 g/mol. The van der Waals surface area contributed by atoms with Crippen LogP contribution in [-0.4, -0.2) is 18.3 Å². The van der Waals surface area contributed by atoms with Gasteiger partial charge in [-0.15, -0.1) is 0 Å². The maximum absolute atomic E-state index is 12.2. The minimum absolute atomic E-state index is 0.0724. The maximum Gasteiger partial charge on any atom is 0.289 e. The lowest BCUT2D eigenvalue weighted by atomic mass is 10.3. The number of hydrogen-bond donors (Lipinski definition) is 1. The Kier molecular flexibility index (Phi) is 4.31. The van der Waals surface area contributed by atoms with Gasteiger partial charge in [0.25, 0.3) is 15.7 Å². The average Bonchev–Trinajstić information content (AvgIpc) is 2.41. The van der Waals surface area contributed by atoms with Crippen LogP contribution in [-0.2, 0) is 10.0 Å². The zero-order chi connectivity index (χ0) is 15.6. The van der Waals surface area contributed by atoms with E-state index in [2.05, 4.69) is 9.71 Å².